The summed E-state index contributed by atoms with van der Waals surface area (Å²) in [6.07, 6.45) is 6.51. The van der Waals surface area contributed by atoms with E-state index in [4.69, 9.17) is 4.74 Å². The molecule has 0 aromatic carbocycles. The Kier molecular flexibility index (Phi) is 5.44. The maximum absolute atomic E-state index is 11.4. The van der Waals surface area contributed by atoms with E-state index >= 15 is 0 Å². The van der Waals surface area contributed by atoms with Crippen molar-refractivity contribution < 1.29 is 14.6 Å². The number of aromatic nitrogens is 1. The largest absolute Gasteiger partial charge is 0.481 e. The lowest BCUT2D eigenvalue weighted by Gasteiger charge is -2.35. The minimum Gasteiger partial charge on any atom is -0.481 e. The number of hydrogen-bond acceptors (Lipinski definition) is 4. The van der Waals surface area contributed by atoms with Crippen LogP contribution in [0.3, 0.4) is 0 Å². The van der Waals surface area contributed by atoms with Gasteiger partial charge < -0.3 is 9.84 Å². The van der Waals surface area contributed by atoms with Gasteiger partial charge in [-0.1, -0.05) is 26.8 Å². The van der Waals surface area contributed by atoms with E-state index in [1.54, 1.807) is 0 Å². The van der Waals surface area contributed by atoms with Crippen LogP contribution in [0.2, 0.25) is 0 Å². The standard InChI is InChI=1S/C20H30N2O3/c1-20(2,3)16-10-14(11-21-12-16)13-22-7-4-15(5-8-22)18-17(19(23)24)6-9-25-18/h10-12,15,17-18H,4-9,13H2,1-3H3,(H,23,24)/t17-,18+/m1/s1. The van der Waals surface area contributed by atoms with Crippen molar-refractivity contribution in [2.75, 3.05) is 19.7 Å². The second-order valence-corrected chi connectivity index (χ2v) is 8.51. The lowest BCUT2D eigenvalue weighted by atomic mass is 9.84. The third-order valence-corrected chi connectivity index (χ3v) is 5.62. The van der Waals surface area contributed by atoms with E-state index in [1.165, 1.54) is 11.1 Å². The SMILES string of the molecule is CC(C)(C)c1cncc(CN2CCC([C@@H]3OCC[C@H]3C(=O)O)CC2)c1. The Morgan fingerprint density at radius 2 is 2.00 bits per heavy atom. The molecule has 2 fully saturated rings. The fourth-order valence-electron chi connectivity index (χ4n) is 4.02. The highest BCUT2D eigenvalue weighted by molar-refractivity contribution is 5.71. The number of carboxylic acids is 1. The molecule has 1 N–H and O–H groups in total. The molecule has 0 amide bonds. The number of carboxylic acid groups (broad SMARTS) is 1. The first-order valence-electron chi connectivity index (χ1n) is 9.36. The molecule has 0 saturated carbocycles. The number of likely N-dealkylation sites (tertiary alicyclic amines) is 1. The monoisotopic (exact) mass is 346 g/mol. The Hall–Kier alpha value is -1.46. The van der Waals surface area contributed by atoms with Crippen LogP contribution in [0, 0.1) is 11.8 Å². The normalized spacial score (nSPS) is 26.0. The number of aliphatic carboxylic acids is 1. The Bertz CT molecular complexity index is 603. The van der Waals surface area contributed by atoms with E-state index < -0.39 is 5.97 Å². The van der Waals surface area contributed by atoms with Crippen LogP contribution in [-0.2, 0) is 21.5 Å². The van der Waals surface area contributed by atoms with Crippen LogP contribution in [0.25, 0.3) is 0 Å². The maximum Gasteiger partial charge on any atom is 0.309 e. The molecule has 1 aromatic heterocycles. The average molecular weight is 346 g/mol. The third kappa shape index (κ3) is 4.39. The lowest BCUT2D eigenvalue weighted by Crippen LogP contribution is -2.40. The average Bonchev–Trinajstić information content (AvgIpc) is 3.05. The molecule has 1 aromatic rings. The molecule has 0 unspecified atom stereocenters. The van der Waals surface area contributed by atoms with Crippen molar-refractivity contribution in [3.63, 3.8) is 0 Å². The molecule has 5 nitrogen and oxygen atoms in total. The fraction of sp³-hybridized carbons (Fsp3) is 0.700. The van der Waals surface area contributed by atoms with Crippen LogP contribution < -0.4 is 0 Å². The first-order chi connectivity index (χ1) is 11.8. The van der Waals surface area contributed by atoms with Crippen molar-refractivity contribution in [1.29, 1.82) is 0 Å². The van der Waals surface area contributed by atoms with Crippen molar-refractivity contribution in [2.24, 2.45) is 11.8 Å². The van der Waals surface area contributed by atoms with Crippen molar-refractivity contribution >= 4 is 5.97 Å². The van der Waals surface area contributed by atoms with Crippen LogP contribution in [0.5, 0.6) is 0 Å². The summed E-state index contributed by atoms with van der Waals surface area (Å²) >= 11 is 0. The Balaban J connectivity index is 1.55. The molecule has 0 radical (unpaired) electrons. The molecule has 0 aliphatic carbocycles. The molecule has 0 spiro atoms. The number of piperidine rings is 1. The van der Waals surface area contributed by atoms with E-state index in [0.29, 0.717) is 18.9 Å². The number of nitrogens with zero attached hydrogens (tertiary/aromatic N) is 2. The van der Waals surface area contributed by atoms with Crippen LogP contribution in [0.1, 0.15) is 51.2 Å². The molecule has 2 saturated heterocycles. The molecule has 3 heterocycles. The highest BCUT2D eigenvalue weighted by Gasteiger charge is 2.40. The molecule has 0 bridgehead atoms. The Labute approximate surface area is 150 Å². The summed E-state index contributed by atoms with van der Waals surface area (Å²) in [6, 6.07) is 2.26. The summed E-state index contributed by atoms with van der Waals surface area (Å²) in [5.41, 5.74) is 2.64. The Morgan fingerprint density at radius 3 is 2.64 bits per heavy atom. The van der Waals surface area contributed by atoms with Gasteiger partial charge in [0.1, 0.15) is 0 Å². The molecule has 138 valence electrons. The molecular weight excluding hydrogens is 316 g/mol. The van der Waals surface area contributed by atoms with E-state index in [9.17, 15) is 9.90 Å². The van der Waals surface area contributed by atoms with Crippen molar-refractivity contribution in [1.82, 2.24) is 9.88 Å². The smallest absolute Gasteiger partial charge is 0.309 e. The van der Waals surface area contributed by atoms with Gasteiger partial charge in [-0.25, -0.2) is 0 Å². The number of rotatable bonds is 4. The summed E-state index contributed by atoms with van der Waals surface area (Å²) in [4.78, 5) is 18.2. The third-order valence-electron chi connectivity index (χ3n) is 5.62. The fourth-order valence-corrected chi connectivity index (χ4v) is 4.02. The first-order valence-corrected chi connectivity index (χ1v) is 9.36. The van der Waals surface area contributed by atoms with Crippen LogP contribution in [0.15, 0.2) is 18.5 Å². The summed E-state index contributed by atoms with van der Waals surface area (Å²) in [5, 5.41) is 9.36. The number of ether oxygens (including phenoxy) is 1. The lowest BCUT2D eigenvalue weighted by molar-refractivity contribution is -0.145. The van der Waals surface area contributed by atoms with E-state index in [-0.39, 0.29) is 17.4 Å². The molecule has 2 atom stereocenters. The van der Waals surface area contributed by atoms with Crippen LogP contribution in [-0.4, -0.2) is 46.8 Å². The molecule has 5 heteroatoms. The van der Waals surface area contributed by atoms with E-state index in [0.717, 1.165) is 32.5 Å². The van der Waals surface area contributed by atoms with Gasteiger partial charge in [0.2, 0.25) is 0 Å². The van der Waals surface area contributed by atoms with E-state index in [2.05, 4.69) is 36.7 Å². The quantitative estimate of drug-likeness (QED) is 0.908. The second kappa shape index (κ2) is 7.42. The molecule has 2 aliphatic heterocycles. The number of pyridine rings is 1. The number of carbonyl (C=O) groups is 1. The van der Waals surface area contributed by atoms with Gasteiger partial charge in [-0.2, -0.15) is 0 Å². The minimum absolute atomic E-state index is 0.0921. The van der Waals surface area contributed by atoms with Crippen molar-refractivity contribution in [3.8, 4) is 0 Å². The zero-order chi connectivity index (χ0) is 18.0. The van der Waals surface area contributed by atoms with Crippen molar-refractivity contribution in [2.45, 2.75) is 58.1 Å². The van der Waals surface area contributed by atoms with Gasteiger partial charge in [-0.05, 0) is 54.8 Å². The molecular formula is C20H30N2O3. The topological polar surface area (TPSA) is 62.7 Å². The van der Waals surface area contributed by atoms with Crippen LogP contribution in [0.4, 0.5) is 0 Å². The van der Waals surface area contributed by atoms with Gasteiger partial charge in [0.25, 0.3) is 0 Å². The molecule has 3 rings (SSSR count). The number of hydrogen-bond donors (Lipinski definition) is 1. The predicted molar refractivity (Wildman–Crippen MR) is 96.4 cm³/mol. The summed E-state index contributed by atoms with van der Waals surface area (Å²) in [6.45, 7) is 10.1. The molecule has 2 aliphatic rings. The van der Waals surface area contributed by atoms with Gasteiger partial charge in [-0.3, -0.25) is 14.7 Å². The van der Waals surface area contributed by atoms with Crippen LogP contribution >= 0.6 is 0 Å². The summed E-state index contributed by atoms with van der Waals surface area (Å²) in [7, 11) is 0. The summed E-state index contributed by atoms with van der Waals surface area (Å²) in [5.74, 6) is -0.641. The predicted octanol–water partition coefficient (Wildman–Crippen LogP) is 3.08. The Morgan fingerprint density at radius 1 is 1.28 bits per heavy atom. The van der Waals surface area contributed by atoms with Gasteiger partial charge >= 0.3 is 5.97 Å². The van der Waals surface area contributed by atoms with E-state index in [1.807, 2.05) is 12.4 Å². The zero-order valence-electron chi connectivity index (χ0n) is 15.6. The van der Waals surface area contributed by atoms with Gasteiger partial charge in [0, 0.05) is 25.5 Å². The zero-order valence-corrected chi connectivity index (χ0v) is 15.6. The van der Waals surface area contributed by atoms with Crippen molar-refractivity contribution in [3.05, 3.63) is 29.6 Å². The minimum atomic E-state index is -0.699. The second-order valence-electron chi connectivity index (χ2n) is 8.51. The summed E-state index contributed by atoms with van der Waals surface area (Å²) < 4.78 is 5.76. The highest BCUT2D eigenvalue weighted by Crippen LogP contribution is 2.33. The van der Waals surface area contributed by atoms with Gasteiger partial charge in [0.15, 0.2) is 0 Å². The highest BCUT2D eigenvalue weighted by atomic mass is 16.5. The molecule has 25 heavy (non-hydrogen) atoms. The van der Waals surface area contributed by atoms with Gasteiger partial charge in [-0.15, -0.1) is 0 Å². The van der Waals surface area contributed by atoms with Gasteiger partial charge in [0.05, 0.1) is 12.0 Å². The maximum atomic E-state index is 11.4. The first kappa shape index (κ1) is 18.3.